The van der Waals surface area contributed by atoms with Crippen LogP contribution in [0.25, 0.3) is 0 Å². The average Bonchev–Trinajstić information content (AvgIpc) is 2.81. The van der Waals surface area contributed by atoms with Gasteiger partial charge in [0.15, 0.2) is 11.5 Å². The molecule has 0 unspecified atom stereocenters. The molecule has 0 fully saturated rings. The first-order valence-corrected chi connectivity index (χ1v) is 9.83. The van der Waals surface area contributed by atoms with E-state index >= 15 is 0 Å². The molecule has 0 aliphatic carbocycles. The zero-order chi connectivity index (χ0) is 22.3. The summed E-state index contributed by atoms with van der Waals surface area (Å²) in [6.07, 6.45) is 4.84. The minimum Gasteiger partial charge on any atom is -0.508 e. The van der Waals surface area contributed by atoms with Gasteiger partial charge in [-0.05, 0) is 48.4 Å². The molecule has 4 aromatic rings. The van der Waals surface area contributed by atoms with Crippen LogP contribution in [0, 0.1) is 6.92 Å². The largest absolute Gasteiger partial charge is 0.508 e. The third-order valence-electron chi connectivity index (χ3n) is 4.60. The van der Waals surface area contributed by atoms with Gasteiger partial charge >= 0.3 is 0 Å². The second kappa shape index (κ2) is 9.61. The lowest BCUT2D eigenvalue weighted by Gasteiger charge is -2.13. The topological polar surface area (TPSA) is 114 Å². The summed E-state index contributed by atoms with van der Waals surface area (Å²) in [6.45, 7) is 2.21. The number of aromatic nitrogens is 4. The van der Waals surface area contributed by atoms with Crippen molar-refractivity contribution in [3.05, 3.63) is 78.4 Å². The quantitative estimate of drug-likeness (QED) is 0.375. The van der Waals surface area contributed by atoms with Crippen LogP contribution >= 0.6 is 0 Å². The fraction of sp³-hybridized carbons (Fsp3) is 0.130. The van der Waals surface area contributed by atoms with Crippen molar-refractivity contribution >= 4 is 23.3 Å². The summed E-state index contributed by atoms with van der Waals surface area (Å²) in [5, 5.41) is 16.1. The van der Waals surface area contributed by atoms with E-state index in [9.17, 15) is 5.11 Å². The second-order valence-electron chi connectivity index (χ2n) is 6.89. The highest BCUT2D eigenvalue weighted by molar-refractivity contribution is 5.61. The van der Waals surface area contributed by atoms with Gasteiger partial charge in [0, 0.05) is 35.9 Å². The molecule has 0 saturated carbocycles. The van der Waals surface area contributed by atoms with Crippen molar-refractivity contribution in [2.75, 3.05) is 17.7 Å². The number of phenols is 1. The number of rotatable bonds is 8. The van der Waals surface area contributed by atoms with Crippen LogP contribution in [0.15, 0.2) is 67.3 Å². The Kier molecular flexibility index (Phi) is 6.26. The van der Waals surface area contributed by atoms with E-state index in [0.717, 1.165) is 16.8 Å². The molecule has 0 atom stereocenters. The number of aryl methyl sites for hydroxylation is 1. The van der Waals surface area contributed by atoms with Crippen molar-refractivity contribution in [3.63, 3.8) is 0 Å². The summed E-state index contributed by atoms with van der Waals surface area (Å²) in [4.78, 5) is 16.7. The number of nitrogens with one attached hydrogen (secondary N) is 2. The lowest BCUT2D eigenvalue weighted by molar-refractivity contribution is 0.284. The molecule has 2 aromatic carbocycles. The van der Waals surface area contributed by atoms with Gasteiger partial charge in [0.25, 0.3) is 0 Å². The number of ether oxygens (including phenoxy) is 2. The van der Waals surface area contributed by atoms with Crippen LogP contribution in [0.5, 0.6) is 17.2 Å². The molecule has 0 amide bonds. The number of nitrogens with zero attached hydrogens (tertiary/aromatic N) is 4. The molecule has 3 N–H and O–H groups in total. The molecular formula is C23H22N6O3. The molecule has 9 nitrogen and oxygen atoms in total. The number of phenolic OH excluding ortho intramolecular Hbond substituents is 1. The molecule has 0 radical (unpaired) electrons. The molecule has 0 aliphatic heterocycles. The molecule has 0 bridgehead atoms. The lowest BCUT2D eigenvalue weighted by Crippen LogP contribution is -2.03. The minimum absolute atomic E-state index is 0.194. The number of hydrogen-bond donors (Lipinski definition) is 3. The highest BCUT2D eigenvalue weighted by atomic mass is 16.5. The van der Waals surface area contributed by atoms with Gasteiger partial charge in [-0.15, -0.1) is 0 Å². The first-order valence-electron chi connectivity index (χ1n) is 9.83. The van der Waals surface area contributed by atoms with E-state index in [1.165, 1.54) is 6.33 Å². The van der Waals surface area contributed by atoms with E-state index in [4.69, 9.17) is 9.47 Å². The molecule has 0 aliphatic rings. The number of benzene rings is 2. The zero-order valence-corrected chi connectivity index (χ0v) is 17.6. The Morgan fingerprint density at radius 3 is 2.25 bits per heavy atom. The second-order valence-corrected chi connectivity index (χ2v) is 6.89. The van der Waals surface area contributed by atoms with Crippen molar-refractivity contribution in [1.82, 2.24) is 19.9 Å². The molecule has 0 spiro atoms. The van der Waals surface area contributed by atoms with Crippen LogP contribution in [0.2, 0.25) is 0 Å². The third kappa shape index (κ3) is 5.20. The van der Waals surface area contributed by atoms with Gasteiger partial charge in [0.2, 0.25) is 11.9 Å². The summed E-state index contributed by atoms with van der Waals surface area (Å²) in [5.74, 6) is 2.08. The fourth-order valence-corrected chi connectivity index (χ4v) is 2.87. The average molecular weight is 430 g/mol. The molecule has 2 aromatic heterocycles. The highest BCUT2D eigenvalue weighted by Crippen LogP contribution is 2.32. The van der Waals surface area contributed by atoms with Gasteiger partial charge < -0.3 is 25.2 Å². The van der Waals surface area contributed by atoms with Gasteiger partial charge in [-0.1, -0.05) is 6.07 Å². The summed E-state index contributed by atoms with van der Waals surface area (Å²) in [7, 11) is 1.59. The SMILES string of the molecule is COc1ccc(Nc2ncnc(Nc3ccc(C)c(O)c3)n2)cc1OCc1ccncc1. The Balaban J connectivity index is 1.48. The maximum absolute atomic E-state index is 9.88. The summed E-state index contributed by atoms with van der Waals surface area (Å²) in [6, 6.07) is 14.5. The molecule has 162 valence electrons. The van der Waals surface area contributed by atoms with E-state index in [0.29, 0.717) is 35.7 Å². The Morgan fingerprint density at radius 2 is 1.56 bits per heavy atom. The Labute approximate surface area is 185 Å². The minimum atomic E-state index is 0.194. The molecule has 32 heavy (non-hydrogen) atoms. The molecular weight excluding hydrogens is 408 g/mol. The predicted octanol–water partition coefficient (Wildman–Crippen LogP) is 4.36. The van der Waals surface area contributed by atoms with Crippen LogP contribution in [-0.2, 0) is 6.61 Å². The van der Waals surface area contributed by atoms with E-state index in [2.05, 4.69) is 30.6 Å². The highest BCUT2D eigenvalue weighted by Gasteiger charge is 2.09. The Bertz CT molecular complexity index is 1200. The Morgan fingerprint density at radius 1 is 0.875 bits per heavy atom. The zero-order valence-electron chi connectivity index (χ0n) is 17.6. The van der Waals surface area contributed by atoms with E-state index < -0.39 is 0 Å². The summed E-state index contributed by atoms with van der Waals surface area (Å²) < 4.78 is 11.3. The van der Waals surface area contributed by atoms with Crippen LogP contribution in [0.4, 0.5) is 23.3 Å². The van der Waals surface area contributed by atoms with E-state index in [1.54, 1.807) is 31.6 Å². The van der Waals surface area contributed by atoms with Crippen LogP contribution < -0.4 is 20.1 Å². The Hall–Kier alpha value is -4.40. The monoisotopic (exact) mass is 430 g/mol. The molecule has 2 heterocycles. The van der Waals surface area contributed by atoms with Crippen LogP contribution in [0.1, 0.15) is 11.1 Å². The smallest absolute Gasteiger partial charge is 0.232 e. The van der Waals surface area contributed by atoms with Gasteiger partial charge in [0.05, 0.1) is 7.11 Å². The standard InChI is InChI=1S/C23H22N6O3/c1-15-3-4-17(11-19(15)30)27-22-25-14-26-23(29-22)28-18-5-6-20(31-2)21(12-18)32-13-16-7-9-24-10-8-16/h3-12,14,30H,13H2,1-2H3,(H2,25,26,27,28,29). The number of pyridine rings is 1. The number of anilines is 4. The predicted molar refractivity (Wildman–Crippen MR) is 121 cm³/mol. The van der Waals surface area contributed by atoms with E-state index in [-0.39, 0.29) is 5.75 Å². The van der Waals surface area contributed by atoms with Crippen molar-refractivity contribution in [1.29, 1.82) is 0 Å². The number of methoxy groups -OCH3 is 1. The first-order chi connectivity index (χ1) is 15.6. The summed E-state index contributed by atoms with van der Waals surface area (Å²) >= 11 is 0. The third-order valence-corrected chi connectivity index (χ3v) is 4.60. The van der Waals surface area contributed by atoms with Crippen molar-refractivity contribution in [2.24, 2.45) is 0 Å². The van der Waals surface area contributed by atoms with E-state index in [1.807, 2.05) is 43.3 Å². The first kappa shape index (κ1) is 20.9. The van der Waals surface area contributed by atoms with Gasteiger partial charge in [-0.25, -0.2) is 9.97 Å². The van der Waals surface area contributed by atoms with Gasteiger partial charge in [0.1, 0.15) is 18.7 Å². The number of aromatic hydroxyl groups is 1. The molecule has 0 saturated heterocycles. The van der Waals surface area contributed by atoms with Crippen molar-refractivity contribution in [3.8, 4) is 17.2 Å². The normalized spacial score (nSPS) is 10.4. The maximum atomic E-state index is 9.88. The number of hydrogen-bond acceptors (Lipinski definition) is 9. The summed E-state index contributed by atoms with van der Waals surface area (Å²) in [5.41, 5.74) is 3.17. The van der Waals surface area contributed by atoms with Gasteiger partial charge in [-0.3, -0.25) is 4.98 Å². The fourth-order valence-electron chi connectivity index (χ4n) is 2.87. The van der Waals surface area contributed by atoms with Crippen LogP contribution in [0.3, 0.4) is 0 Å². The maximum Gasteiger partial charge on any atom is 0.232 e. The van der Waals surface area contributed by atoms with Gasteiger partial charge in [-0.2, -0.15) is 4.98 Å². The lowest BCUT2D eigenvalue weighted by atomic mass is 10.2. The van der Waals surface area contributed by atoms with Crippen molar-refractivity contribution in [2.45, 2.75) is 13.5 Å². The van der Waals surface area contributed by atoms with Crippen molar-refractivity contribution < 1.29 is 14.6 Å². The molecule has 4 rings (SSSR count). The molecule has 9 heteroatoms. The van der Waals surface area contributed by atoms with Crippen LogP contribution in [-0.4, -0.2) is 32.2 Å².